The Bertz CT molecular complexity index is 986. The highest BCUT2D eigenvalue weighted by Crippen LogP contribution is 2.30. The summed E-state index contributed by atoms with van der Waals surface area (Å²) < 4.78 is 5.38. The van der Waals surface area contributed by atoms with Crippen molar-refractivity contribution in [1.82, 2.24) is 15.5 Å². The van der Waals surface area contributed by atoms with Gasteiger partial charge in [0.1, 0.15) is 17.7 Å². The van der Waals surface area contributed by atoms with Crippen LogP contribution in [-0.2, 0) is 14.3 Å². The summed E-state index contributed by atoms with van der Waals surface area (Å²) in [5, 5.41) is 5.89. The highest BCUT2D eigenvalue weighted by molar-refractivity contribution is 5.92. The minimum absolute atomic E-state index is 0.0667. The summed E-state index contributed by atoms with van der Waals surface area (Å²) in [7, 11) is 0. The molecule has 7 heteroatoms. The van der Waals surface area contributed by atoms with Crippen molar-refractivity contribution < 1.29 is 19.1 Å². The van der Waals surface area contributed by atoms with Gasteiger partial charge in [0, 0.05) is 17.6 Å². The van der Waals surface area contributed by atoms with Gasteiger partial charge in [0.05, 0.1) is 0 Å². The summed E-state index contributed by atoms with van der Waals surface area (Å²) >= 11 is 0. The molecule has 0 heterocycles. The van der Waals surface area contributed by atoms with E-state index in [1.54, 1.807) is 38.7 Å². The van der Waals surface area contributed by atoms with Gasteiger partial charge in [-0.25, -0.2) is 4.79 Å². The molecule has 1 aliphatic carbocycles. The number of benzene rings is 1. The Morgan fingerprint density at radius 1 is 1.05 bits per heavy atom. The van der Waals surface area contributed by atoms with E-state index in [0.717, 1.165) is 32.1 Å². The fourth-order valence-electron chi connectivity index (χ4n) is 4.89. The molecule has 0 spiro atoms. The Hall–Kier alpha value is -3.01. The fourth-order valence-corrected chi connectivity index (χ4v) is 4.89. The van der Waals surface area contributed by atoms with E-state index < -0.39 is 23.8 Å². The molecule has 1 fully saturated rings. The minimum Gasteiger partial charge on any atom is -0.444 e. The highest BCUT2D eigenvalue weighted by atomic mass is 16.6. The molecule has 3 atom stereocenters. The Morgan fingerprint density at radius 2 is 1.68 bits per heavy atom. The smallest absolute Gasteiger partial charge is 0.408 e. The van der Waals surface area contributed by atoms with Crippen LogP contribution in [-0.4, -0.2) is 46.5 Å². The van der Waals surface area contributed by atoms with E-state index in [9.17, 15) is 14.4 Å². The number of nitrogens with zero attached hydrogens (tertiary/aromatic N) is 1. The number of rotatable bonds is 10. The highest BCUT2D eigenvalue weighted by Gasteiger charge is 2.39. The van der Waals surface area contributed by atoms with E-state index in [2.05, 4.69) is 30.4 Å². The van der Waals surface area contributed by atoms with E-state index in [4.69, 9.17) is 11.2 Å². The van der Waals surface area contributed by atoms with Crippen molar-refractivity contribution in [1.29, 1.82) is 0 Å². The lowest BCUT2D eigenvalue weighted by Crippen LogP contribution is -2.55. The topological polar surface area (TPSA) is 87.7 Å². The van der Waals surface area contributed by atoms with E-state index >= 15 is 0 Å². The van der Waals surface area contributed by atoms with Crippen LogP contribution < -0.4 is 10.6 Å². The zero-order valence-corrected chi connectivity index (χ0v) is 24.3. The van der Waals surface area contributed by atoms with Crippen LogP contribution in [0.5, 0.6) is 0 Å². The third-order valence-corrected chi connectivity index (χ3v) is 6.88. The number of alkyl carbamates (subject to hydrolysis) is 1. The van der Waals surface area contributed by atoms with Gasteiger partial charge < -0.3 is 20.3 Å². The Kier molecular flexibility index (Phi) is 11.7. The van der Waals surface area contributed by atoms with Gasteiger partial charge >= 0.3 is 6.09 Å². The summed E-state index contributed by atoms with van der Waals surface area (Å²) in [6.45, 7) is 13.1. The molecule has 0 aromatic heterocycles. The Balaban J connectivity index is 2.50. The van der Waals surface area contributed by atoms with E-state index in [-0.39, 0.29) is 23.9 Å². The van der Waals surface area contributed by atoms with Gasteiger partial charge in [-0.1, -0.05) is 57.2 Å². The first kappa shape index (κ1) is 31.2. The SMILES string of the molecule is C#Cc1ccccc1C(C(=O)NC1CCCCC1)N(C(=O)C(C)NC(=O)OC(C)(C)C)C(C)CCC(C)C. The molecule has 0 bridgehead atoms. The molecular formula is C31H47N3O4. The first-order valence-electron chi connectivity index (χ1n) is 14.0. The van der Waals surface area contributed by atoms with Crippen molar-refractivity contribution in [2.24, 2.45) is 5.92 Å². The first-order valence-corrected chi connectivity index (χ1v) is 14.0. The maximum atomic E-state index is 14.1. The van der Waals surface area contributed by atoms with Gasteiger partial charge in [-0.3, -0.25) is 9.59 Å². The number of amides is 3. The molecule has 38 heavy (non-hydrogen) atoms. The van der Waals surface area contributed by atoms with Crippen LogP contribution in [0.3, 0.4) is 0 Å². The number of carbonyl (C=O) groups excluding carboxylic acids is 3. The summed E-state index contributed by atoms with van der Waals surface area (Å²) in [6.07, 6.45) is 11.9. The predicted octanol–water partition coefficient (Wildman–Crippen LogP) is 5.72. The van der Waals surface area contributed by atoms with E-state index in [1.165, 1.54) is 6.42 Å². The lowest BCUT2D eigenvalue weighted by atomic mass is 9.92. The second-order valence-electron chi connectivity index (χ2n) is 11.9. The number of hydrogen-bond donors (Lipinski definition) is 2. The van der Waals surface area contributed by atoms with E-state index in [0.29, 0.717) is 23.5 Å². The molecule has 1 aromatic rings. The van der Waals surface area contributed by atoms with Crippen molar-refractivity contribution in [3.8, 4) is 12.3 Å². The first-order chi connectivity index (χ1) is 17.8. The summed E-state index contributed by atoms with van der Waals surface area (Å²) in [5.74, 6) is 2.53. The maximum Gasteiger partial charge on any atom is 0.408 e. The molecule has 1 aromatic carbocycles. The molecule has 3 amide bonds. The molecule has 3 unspecified atom stereocenters. The van der Waals surface area contributed by atoms with Crippen LogP contribution in [0.1, 0.15) is 111 Å². The molecule has 0 aliphatic heterocycles. The van der Waals surface area contributed by atoms with Crippen LogP contribution in [0.25, 0.3) is 0 Å². The van der Waals surface area contributed by atoms with Crippen LogP contribution in [0.15, 0.2) is 24.3 Å². The van der Waals surface area contributed by atoms with Crippen molar-refractivity contribution in [2.75, 3.05) is 0 Å². The standard InChI is InChI=1S/C31H47N3O4/c1-9-24-15-13-14-18-26(24)27(28(35)33-25-16-11-10-12-17-25)34(22(4)20-19-21(2)3)29(36)23(5)32-30(37)38-31(6,7)8/h1,13-15,18,21-23,25,27H,10-12,16-17,19-20H2,2-8H3,(H,32,37)(H,33,35). The summed E-state index contributed by atoms with van der Waals surface area (Å²) in [5.41, 5.74) is 0.473. The molecule has 1 aliphatic rings. The van der Waals surface area contributed by atoms with Gasteiger partial charge in [0.15, 0.2) is 0 Å². The second kappa shape index (κ2) is 14.2. The van der Waals surface area contributed by atoms with Gasteiger partial charge in [0.25, 0.3) is 0 Å². The second-order valence-corrected chi connectivity index (χ2v) is 11.9. The van der Waals surface area contributed by atoms with Crippen molar-refractivity contribution >= 4 is 17.9 Å². The number of ether oxygens (including phenoxy) is 1. The zero-order valence-electron chi connectivity index (χ0n) is 24.3. The molecule has 0 radical (unpaired) electrons. The monoisotopic (exact) mass is 525 g/mol. The van der Waals surface area contributed by atoms with Crippen LogP contribution >= 0.6 is 0 Å². The average molecular weight is 526 g/mol. The van der Waals surface area contributed by atoms with E-state index in [1.807, 2.05) is 25.1 Å². The molecule has 2 rings (SSSR count). The number of carbonyl (C=O) groups is 3. The maximum absolute atomic E-state index is 14.1. The van der Waals surface area contributed by atoms with Crippen molar-refractivity contribution in [3.63, 3.8) is 0 Å². The molecular weight excluding hydrogens is 478 g/mol. The van der Waals surface area contributed by atoms with Gasteiger partial charge in [0.2, 0.25) is 11.8 Å². The van der Waals surface area contributed by atoms with Crippen LogP contribution in [0.4, 0.5) is 4.79 Å². The number of terminal acetylenes is 1. The lowest BCUT2D eigenvalue weighted by molar-refractivity contribution is -0.145. The molecule has 1 saturated carbocycles. The predicted molar refractivity (Wildman–Crippen MR) is 151 cm³/mol. The zero-order chi connectivity index (χ0) is 28.5. The van der Waals surface area contributed by atoms with Crippen LogP contribution in [0.2, 0.25) is 0 Å². The normalized spacial score (nSPS) is 16.6. The number of hydrogen-bond acceptors (Lipinski definition) is 4. The fraction of sp³-hybridized carbons (Fsp3) is 0.645. The molecule has 2 N–H and O–H groups in total. The lowest BCUT2D eigenvalue weighted by Gasteiger charge is -2.39. The van der Waals surface area contributed by atoms with Crippen LogP contribution in [0, 0.1) is 18.3 Å². The molecule has 210 valence electrons. The van der Waals surface area contributed by atoms with Gasteiger partial charge in [-0.05, 0) is 77.8 Å². The largest absolute Gasteiger partial charge is 0.444 e. The summed E-state index contributed by atoms with van der Waals surface area (Å²) in [4.78, 5) is 42.2. The Morgan fingerprint density at radius 3 is 2.26 bits per heavy atom. The molecule has 7 nitrogen and oxygen atoms in total. The number of nitrogens with one attached hydrogen (secondary N) is 2. The average Bonchev–Trinajstić information content (AvgIpc) is 2.84. The minimum atomic E-state index is -0.929. The quantitative estimate of drug-likeness (QED) is 0.382. The van der Waals surface area contributed by atoms with Crippen molar-refractivity contribution in [2.45, 2.75) is 123 Å². The summed E-state index contributed by atoms with van der Waals surface area (Å²) in [6, 6.07) is 5.23. The van der Waals surface area contributed by atoms with Crippen molar-refractivity contribution in [3.05, 3.63) is 35.4 Å². The van der Waals surface area contributed by atoms with Gasteiger partial charge in [-0.2, -0.15) is 0 Å². The van der Waals surface area contributed by atoms with Gasteiger partial charge in [-0.15, -0.1) is 6.42 Å². The Labute approximate surface area is 229 Å². The molecule has 0 saturated heterocycles. The third-order valence-electron chi connectivity index (χ3n) is 6.88. The third kappa shape index (κ3) is 9.38.